The summed E-state index contributed by atoms with van der Waals surface area (Å²) >= 11 is 1.56. The van der Waals surface area contributed by atoms with Crippen molar-refractivity contribution in [1.29, 1.82) is 0 Å². The molecule has 0 aliphatic carbocycles. The number of thiazole rings is 1. The van der Waals surface area contributed by atoms with E-state index in [0.717, 1.165) is 34.0 Å². The number of para-hydroxylation sites is 1. The largest absolute Gasteiger partial charge is 0.360 e. The third-order valence-corrected chi connectivity index (χ3v) is 4.76. The van der Waals surface area contributed by atoms with Gasteiger partial charge in [-0.15, -0.1) is 11.3 Å². The molecule has 0 radical (unpaired) electrons. The van der Waals surface area contributed by atoms with Crippen LogP contribution in [0.4, 0.5) is 5.13 Å². The number of H-pyrrole nitrogens is 1. The van der Waals surface area contributed by atoms with Crippen molar-refractivity contribution >= 4 is 33.1 Å². The molecule has 4 nitrogen and oxygen atoms in total. The van der Waals surface area contributed by atoms with E-state index in [1.165, 1.54) is 10.9 Å². The highest BCUT2D eigenvalue weighted by atomic mass is 32.1. The van der Waals surface area contributed by atoms with E-state index in [4.69, 9.17) is 0 Å². The summed E-state index contributed by atoms with van der Waals surface area (Å²) in [6.45, 7) is 2.02. The Morgan fingerprint density at radius 3 is 2.80 bits per heavy atom. The molecule has 0 amide bonds. The van der Waals surface area contributed by atoms with Gasteiger partial charge in [0.2, 0.25) is 5.13 Å². The van der Waals surface area contributed by atoms with Crippen LogP contribution in [-0.4, -0.2) is 15.7 Å². The number of aromatic amines is 1. The van der Waals surface area contributed by atoms with Crippen LogP contribution in [0.15, 0.2) is 71.3 Å². The average molecular weight is 346 g/mol. The minimum absolute atomic E-state index is 0.799. The Bertz CT molecular complexity index is 1010. The maximum Gasteiger partial charge on any atom is 0.203 e. The third-order valence-electron chi connectivity index (χ3n) is 4.01. The molecule has 124 valence electrons. The minimum atomic E-state index is 0.799. The van der Waals surface area contributed by atoms with Crippen LogP contribution in [0.5, 0.6) is 0 Å². The van der Waals surface area contributed by atoms with E-state index in [1.54, 1.807) is 11.3 Å². The molecule has 2 heterocycles. The van der Waals surface area contributed by atoms with Crippen LogP contribution in [0.1, 0.15) is 12.5 Å². The molecule has 4 rings (SSSR count). The van der Waals surface area contributed by atoms with Gasteiger partial charge in [0.15, 0.2) is 0 Å². The summed E-state index contributed by atoms with van der Waals surface area (Å²) in [7, 11) is 0. The standard InChI is InChI=1S/C20H18N4S/c1-14(11-15-7-3-2-4-8-15)23-24-20-22-19(13-25-20)17-12-21-18-10-6-5-9-16(17)18/h2-10,12-13,21H,11H2,1H3,(H,22,24)/b23-14+. The van der Waals surface area contributed by atoms with Gasteiger partial charge >= 0.3 is 0 Å². The number of anilines is 1. The zero-order valence-corrected chi connectivity index (χ0v) is 14.7. The molecule has 0 atom stereocenters. The number of aromatic nitrogens is 2. The predicted molar refractivity (Wildman–Crippen MR) is 106 cm³/mol. The summed E-state index contributed by atoms with van der Waals surface area (Å²) in [5.41, 5.74) is 8.55. The second-order valence-corrected chi connectivity index (χ2v) is 6.77. The molecular formula is C20H18N4S. The molecule has 2 aromatic heterocycles. The van der Waals surface area contributed by atoms with Gasteiger partial charge in [-0.05, 0) is 18.6 Å². The van der Waals surface area contributed by atoms with Gasteiger partial charge in [0.25, 0.3) is 0 Å². The van der Waals surface area contributed by atoms with Gasteiger partial charge in [0.1, 0.15) is 0 Å². The van der Waals surface area contributed by atoms with E-state index in [0.29, 0.717) is 0 Å². The number of nitrogens with zero attached hydrogens (tertiary/aromatic N) is 2. The molecule has 0 fully saturated rings. The highest BCUT2D eigenvalue weighted by Gasteiger charge is 2.09. The van der Waals surface area contributed by atoms with Gasteiger partial charge < -0.3 is 4.98 Å². The predicted octanol–water partition coefficient (Wildman–Crippen LogP) is 5.32. The smallest absolute Gasteiger partial charge is 0.203 e. The maximum atomic E-state index is 4.66. The molecule has 0 bridgehead atoms. The zero-order valence-electron chi connectivity index (χ0n) is 13.9. The first-order valence-corrected chi connectivity index (χ1v) is 9.03. The Balaban J connectivity index is 1.49. The lowest BCUT2D eigenvalue weighted by Crippen LogP contribution is -2.01. The number of fused-ring (bicyclic) bond motifs is 1. The fourth-order valence-electron chi connectivity index (χ4n) is 2.81. The molecule has 0 saturated carbocycles. The summed E-state index contributed by atoms with van der Waals surface area (Å²) in [5.74, 6) is 0. The molecule has 2 aromatic carbocycles. The highest BCUT2D eigenvalue weighted by Crippen LogP contribution is 2.30. The van der Waals surface area contributed by atoms with Crippen LogP contribution in [0, 0.1) is 0 Å². The van der Waals surface area contributed by atoms with E-state index >= 15 is 0 Å². The second-order valence-electron chi connectivity index (χ2n) is 5.91. The van der Waals surface area contributed by atoms with Gasteiger partial charge in [-0.1, -0.05) is 48.5 Å². The Morgan fingerprint density at radius 1 is 1.12 bits per heavy atom. The van der Waals surface area contributed by atoms with Crippen molar-refractivity contribution in [3.8, 4) is 11.3 Å². The van der Waals surface area contributed by atoms with Crippen molar-refractivity contribution in [2.24, 2.45) is 5.10 Å². The second kappa shape index (κ2) is 6.91. The van der Waals surface area contributed by atoms with Gasteiger partial charge in [0.05, 0.1) is 5.69 Å². The molecular weight excluding hydrogens is 328 g/mol. The summed E-state index contributed by atoms with van der Waals surface area (Å²) in [4.78, 5) is 7.95. The molecule has 0 unspecified atom stereocenters. The van der Waals surface area contributed by atoms with Gasteiger partial charge in [-0.25, -0.2) is 4.98 Å². The number of benzene rings is 2. The molecule has 0 saturated heterocycles. The van der Waals surface area contributed by atoms with Crippen molar-refractivity contribution in [2.75, 3.05) is 5.43 Å². The third kappa shape index (κ3) is 3.46. The van der Waals surface area contributed by atoms with E-state index in [2.05, 4.69) is 50.1 Å². The van der Waals surface area contributed by atoms with Crippen LogP contribution in [-0.2, 0) is 6.42 Å². The fourth-order valence-corrected chi connectivity index (χ4v) is 3.46. The van der Waals surface area contributed by atoms with Crippen molar-refractivity contribution in [2.45, 2.75) is 13.3 Å². The average Bonchev–Trinajstić information content (AvgIpc) is 3.27. The lowest BCUT2D eigenvalue weighted by molar-refractivity contribution is 1.22. The quantitative estimate of drug-likeness (QED) is 0.379. The first-order valence-electron chi connectivity index (χ1n) is 8.15. The SMILES string of the molecule is C/C(Cc1ccccc1)=N\Nc1nc(-c2c[nH]c3ccccc23)cs1. The van der Waals surface area contributed by atoms with Crippen LogP contribution >= 0.6 is 11.3 Å². The number of hydrogen-bond donors (Lipinski definition) is 2. The Labute approximate surface area is 150 Å². The van der Waals surface area contributed by atoms with Crippen LogP contribution in [0.2, 0.25) is 0 Å². The Kier molecular flexibility index (Phi) is 4.31. The molecule has 0 spiro atoms. The van der Waals surface area contributed by atoms with E-state index in [9.17, 15) is 0 Å². The fraction of sp³-hybridized carbons (Fsp3) is 0.100. The molecule has 25 heavy (non-hydrogen) atoms. The number of hydrogen-bond acceptors (Lipinski definition) is 4. The monoisotopic (exact) mass is 346 g/mol. The summed E-state index contributed by atoms with van der Waals surface area (Å²) in [6, 6.07) is 18.6. The normalized spacial score (nSPS) is 11.8. The Morgan fingerprint density at radius 2 is 1.92 bits per heavy atom. The lowest BCUT2D eigenvalue weighted by atomic mass is 10.1. The van der Waals surface area contributed by atoms with E-state index in [-0.39, 0.29) is 0 Å². The minimum Gasteiger partial charge on any atom is -0.360 e. The van der Waals surface area contributed by atoms with E-state index in [1.807, 2.05) is 43.5 Å². The van der Waals surface area contributed by atoms with Crippen molar-refractivity contribution in [3.05, 3.63) is 71.7 Å². The van der Waals surface area contributed by atoms with Crippen LogP contribution in [0.3, 0.4) is 0 Å². The zero-order chi connectivity index (χ0) is 17.1. The highest BCUT2D eigenvalue weighted by molar-refractivity contribution is 7.14. The number of rotatable bonds is 5. The van der Waals surface area contributed by atoms with Crippen molar-refractivity contribution < 1.29 is 0 Å². The summed E-state index contributed by atoms with van der Waals surface area (Å²) < 4.78 is 0. The van der Waals surface area contributed by atoms with E-state index < -0.39 is 0 Å². The molecule has 2 N–H and O–H groups in total. The van der Waals surface area contributed by atoms with Gasteiger partial charge in [-0.3, -0.25) is 5.43 Å². The van der Waals surface area contributed by atoms with Crippen LogP contribution in [0.25, 0.3) is 22.2 Å². The van der Waals surface area contributed by atoms with Gasteiger partial charge in [0, 0.05) is 40.2 Å². The first-order chi connectivity index (χ1) is 12.3. The molecule has 5 heteroatoms. The first kappa shape index (κ1) is 15.6. The Hall–Kier alpha value is -2.92. The molecule has 0 aliphatic heterocycles. The van der Waals surface area contributed by atoms with Crippen molar-refractivity contribution in [1.82, 2.24) is 9.97 Å². The van der Waals surface area contributed by atoms with Gasteiger partial charge in [-0.2, -0.15) is 5.10 Å². The van der Waals surface area contributed by atoms with Crippen molar-refractivity contribution in [3.63, 3.8) is 0 Å². The maximum absolute atomic E-state index is 4.66. The lowest BCUT2D eigenvalue weighted by Gasteiger charge is -2.01. The summed E-state index contributed by atoms with van der Waals surface area (Å²) in [5, 5.41) is 8.49. The number of hydrazone groups is 1. The topological polar surface area (TPSA) is 53.1 Å². The molecule has 0 aliphatic rings. The van der Waals surface area contributed by atoms with Crippen LogP contribution < -0.4 is 5.43 Å². The number of nitrogens with one attached hydrogen (secondary N) is 2. The molecule has 4 aromatic rings. The summed E-state index contributed by atoms with van der Waals surface area (Å²) in [6.07, 6.45) is 2.84.